The Morgan fingerprint density at radius 3 is 2.44 bits per heavy atom. The molecule has 2 aromatic carbocycles. The molecule has 25 heavy (non-hydrogen) atoms. The average molecular weight is 362 g/mol. The second-order valence-electron chi connectivity index (χ2n) is 5.18. The van der Waals surface area contributed by atoms with E-state index in [0.29, 0.717) is 16.3 Å². The predicted octanol–water partition coefficient (Wildman–Crippen LogP) is 2.84. The number of halogens is 1. The zero-order valence-corrected chi connectivity index (χ0v) is 14.6. The van der Waals surface area contributed by atoms with Crippen LogP contribution in [0.3, 0.4) is 0 Å². The van der Waals surface area contributed by atoms with Gasteiger partial charge in [0.25, 0.3) is 0 Å². The van der Waals surface area contributed by atoms with Gasteiger partial charge in [0, 0.05) is 23.5 Å². The molecule has 0 aliphatic rings. The van der Waals surface area contributed by atoms with Crippen LogP contribution in [0.5, 0.6) is 5.75 Å². The molecule has 0 saturated carbocycles. The number of anilines is 1. The summed E-state index contributed by atoms with van der Waals surface area (Å²) in [4.78, 5) is 25.6. The van der Waals surface area contributed by atoms with Crippen LogP contribution in [0.1, 0.15) is 6.42 Å². The van der Waals surface area contributed by atoms with Gasteiger partial charge in [-0.25, -0.2) is 4.39 Å². The Hall–Kier alpha value is -2.54. The van der Waals surface area contributed by atoms with Gasteiger partial charge >= 0.3 is 0 Å². The van der Waals surface area contributed by atoms with Crippen LogP contribution in [0.15, 0.2) is 53.4 Å². The monoisotopic (exact) mass is 362 g/mol. The lowest BCUT2D eigenvalue weighted by Crippen LogP contribution is -2.35. The van der Waals surface area contributed by atoms with E-state index in [9.17, 15) is 14.0 Å². The zero-order valence-electron chi connectivity index (χ0n) is 13.8. The van der Waals surface area contributed by atoms with Gasteiger partial charge in [0.15, 0.2) is 0 Å². The van der Waals surface area contributed by atoms with Crippen LogP contribution in [0.25, 0.3) is 0 Å². The zero-order chi connectivity index (χ0) is 18.2. The lowest BCUT2D eigenvalue weighted by molar-refractivity contribution is -0.118. The maximum absolute atomic E-state index is 13.7. The lowest BCUT2D eigenvalue weighted by atomic mass is 10.2. The molecule has 7 heteroatoms. The lowest BCUT2D eigenvalue weighted by Gasteiger charge is -2.22. The fraction of sp³-hybridized carbons (Fsp3) is 0.222. The average Bonchev–Trinajstić information content (AvgIpc) is 2.61. The number of hydrogen-bond acceptors (Lipinski definition) is 4. The van der Waals surface area contributed by atoms with Gasteiger partial charge in [-0.1, -0.05) is 12.1 Å². The number of nitrogens with two attached hydrogens (primary N) is 1. The van der Waals surface area contributed by atoms with E-state index in [0.717, 1.165) is 11.8 Å². The maximum atomic E-state index is 13.7. The summed E-state index contributed by atoms with van der Waals surface area (Å²) in [7, 11) is 1.55. The number of thioether (sulfide) groups is 1. The third kappa shape index (κ3) is 5.49. The van der Waals surface area contributed by atoms with Crippen molar-refractivity contribution < 1.29 is 18.7 Å². The summed E-state index contributed by atoms with van der Waals surface area (Å²) in [6, 6.07) is 13.2. The molecule has 0 fully saturated rings. The Bertz CT molecular complexity index is 737. The molecule has 0 aromatic heterocycles. The van der Waals surface area contributed by atoms with Crippen molar-refractivity contribution in [3.63, 3.8) is 0 Å². The first-order chi connectivity index (χ1) is 12.0. The summed E-state index contributed by atoms with van der Waals surface area (Å²) in [5.74, 6) is -0.390. The van der Waals surface area contributed by atoms with Gasteiger partial charge in [-0.2, -0.15) is 0 Å². The van der Waals surface area contributed by atoms with E-state index in [1.54, 1.807) is 49.6 Å². The van der Waals surface area contributed by atoms with Gasteiger partial charge in [-0.3, -0.25) is 9.59 Å². The second-order valence-corrected chi connectivity index (χ2v) is 6.20. The molecule has 0 atom stereocenters. The Morgan fingerprint density at radius 2 is 1.84 bits per heavy atom. The molecule has 2 amide bonds. The largest absolute Gasteiger partial charge is 0.497 e. The number of rotatable bonds is 8. The number of hydrogen-bond donors (Lipinski definition) is 1. The van der Waals surface area contributed by atoms with Crippen molar-refractivity contribution in [3.8, 4) is 5.75 Å². The molecule has 2 aromatic rings. The summed E-state index contributed by atoms with van der Waals surface area (Å²) >= 11 is 1.11. The minimum absolute atomic E-state index is 0.0438. The number of nitrogens with zero attached hydrogens (tertiary/aromatic N) is 1. The van der Waals surface area contributed by atoms with Crippen molar-refractivity contribution in [1.29, 1.82) is 0 Å². The number of carbonyl (C=O) groups excluding carboxylic acids is 2. The summed E-state index contributed by atoms with van der Waals surface area (Å²) in [6.07, 6.45) is 0.0438. The summed E-state index contributed by atoms with van der Waals surface area (Å²) in [5, 5.41) is 0. The number of primary amides is 1. The van der Waals surface area contributed by atoms with Gasteiger partial charge in [0.2, 0.25) is 11.8 Å². The first-order valence-electron chi connectivity index (χ1n) is 7.61. The highest BCUT2D eigenvalue weighted by Gasteiger charge is 2.17. The summed E-state index contributed by atoms with van der Waals surface area (Å²) < 4.78 is 18.8. The van der Waals surface area contributed by atoms with Gasteiger partial charge in [0.1, 0.15) is 11.6 Å². The highest BCUT2D eigenvalue weighted by Crippen LogP contribution is 2.24. The van der Waals surface area contributed by atoms with E-state index < -0.39 is 5.91 Å². The van der Waals surface area contributed by atoms with Crippen molar-refractivity contribution in [1.82, 2.24) is 0 Å². The van der Waals surface area contributed by atoms with E-state index in [1.165, 1.54) is 11.0 Å². The number of amides is 2. The van der Waals surface area contributed by atoms with Gasteiger partial charge in [-0.05, 0) is 36.4 Å². The summed E-state index contributed by atoms with van der Waals surface area (Å²) in [6.45, 7) is 0.165. The van der Waals surface area contributed by atoms with Crippen LogP contribution >= 0.6 is 11.8 Å². The van der Waals surface area contributed by atoms with E-state index in [-0.39, 0.29) is 30.4 Å². The standard InChI is InChI=1S/C18H19FN2O3S/c1-24-14-8-6-13(7-9-14)21(11-10-17(20)22)18(23)12-25-16-5-3-2-4-15(16)19/h2-9H,10-12H2,1H3,(H2,20,22). The molecule has 132 valence electrons. The number of benzene rings is 2. The Labute approximate surface area is 150 Å². The van der Waals surface area contributed by atoms with E-state index in [4.69, 9.17) is 10.5 Å². The van der Waals surface area contributed by atoms with Crippen LogP contribution in [0, 0.1) is 5.82 Å². The van der Waals surface area contributed by atoms with Crippen LogP contribution < -0.4 is 15.4 Å². The molecule has 0 saturated heterocycles. The molecular formula is C18H19FN2O3S. The SMILES string of the molecule is COc1ccc(N(CCC(N)=O)C(=O)CSc2ccccc2F)cc1. The molecular weight excluding hydrogens is 343 g/mol. The van der Waals surface area contributed by atoms with Gasteiger partial charge in [0.05, 0.1) is 12.9 Å². The van der Waals surface area contributed by atoms with Crippen LogP contribution in [0.4, 0.5) is 10.1 Å². The topological polar surface area (TPSA) is 72.6 Å². The van der Waals surface area contributed by atoms with Crippen LogP contribution in [-0.2, 0) is 9.59 Å². The molecule has 0 aliphatic carbocycles. The third-order valence-electron chi connectivity index (χ3n) is 3.45. The number of carbonyl (C=O) groups is 2. The molecule has 0 radical (unpaired) electrons. The molecule has 0 bridgehead atoms. The van der Waals surface area contributed by atoms with Crippen molar-refractivity contribution in [3.05, 3.63) is 54.3 Å². The molecule has 2 rings (SSSR count). The van der Waals surface area contributed by atoms with Crippen LogP contribution in [-0.4, -0.2) is 31.2 Å². The molecule has 5 nitrogen and oxygen atoms in total. The highest BCUT2D eigenvalue weighted by molar-refractivity contribution is 8.00. The minimum atomic E-state index is -0.493. The second kappa shape index (κ2) is 9.08. The first kappa shape index (κ1) is 18.8. The fourth-order valence-electron chi connectivity index (χ4n) is 2.16. The fourth-order valence-corrected chi connectivity index (χ4v) is 2.98. The normalized spacial score (nSPS) is 10.3. The quantitative estimate of drug-likeness (QED) is 0.733. The number of ether oxygens (including phenoxy) is 1. The van der Waals surface area contributed by atoms with E-state index in [2.05, 4.69) is 0 Å². The maximum Gasteiger partial charge on any atom is 0.237 e. The third-order valence-corrected chi connectivity index (χ3v) is 4.49. The molecule has 0 unspecified atom stereocenters. The molecule has 2 N–H and O–H groups in total. The molecule has 0 aliphatic heterocycles. The number of methoxy groups -OCH3 is 1. The Morgan fingerprint density at radius 1 is 1.16 bits per heavy atom. The van der Waals surface area contributed by atoms with Crippen LogP contribution in [0.2, 0.25) is 0 Å². The summed E-state index contributed by atoms with van der Waals surface area (Å²) in [5.41, 5.74) is 5.82. The predicted molar refractivity (Wildman–Crippen MR) is 96.3 cm³/mol. The van der Waals surface area contributed by atoms with E-state index in [1.807, 2.05) is 0 Å². The van der Waals surface area contributed by atoms with Gasteiger partial charge in [-0.15, -0.1) is 11.8 Å². The van der Waals surface area contributed by atoms with Gasteiger partial charge < -0.3 is 15.4 Å². The van der Waals surface area contributed by atoms with Crippen molar-refractivity contribution in [2.75, 3.05) is 24.3 Å². The first-order valence-corrected chi connectivity index (χ1v) is 8.60. The van der Waals surface area contributed by atoms with Crippen molar-refractivity contribution in [2.24, 2.45) is 5.73 Å². The minimum Gasteiger partial charge on any atom is -0.497 e. The van der Waals surface area contributed by atoms with Crippen molar-refractivity contribution >= 4 is 29.3 Å². The molecule has 0 heterocycles. The van der Waals surface area contributed by atoms with Crippen molar-refractivity contribution in [2.45, 2.75) is 11.3 Å². The Kier molecular flexibility index (Phi) is 6.82. The van der Waals surface area contributed by atoms with E-state index >= 15 is 0 Å². The Balaban J connectivity index is 2.11. The highest BCUT2D eigenvalue weighted by atomic mass is 32.2. The molecule has 0 spiro atoms. The smallest absolute Gasteiger partial charge is 0.237 e.